The normalized spacial score (nSPS) is 14.9. The van der Waals surface area contributed by atoms with Gasteiger partial charge in [0, 0.05) is 11.6 Å². The molecule has 1 aromatic carbocycles. The van der Waals surface area contributed by atoms with Crippen molar-refractivity contribution in [2.45, 2.75) is 6.92 Å². The number of imide groups is 1. The minimum atomic E-state index is -1.33. The van der Waals surface area contributed by atoms with E-state index in [0.29, 0.717) is 0 Å². The summed E-state index contributed by atoms with van der Waals surface area (Å²) < 4.78 is 0. The van der Waals surface area contributed by atoms with Gasteiger partial charge in [-0.3, -0.25) is 9.59 Å². The largest absolute Gasteiger partial charge is 0.508 e. The fraction of sp³-hybridized carbons (Fsp3) is 0.0833. The second-order valence-electron chi connectivity index (χ2n) is 3.81. The van der Waals surface area contributed by atoms with Crippen LogP contribution in [0.1, 0.15) is 17.3 Å². The van der Waals surface area contributed by atoms with E-state index in [1.807, 2.05) is 0 Å². The molecule has 0 unspecified atom stereocenters. The van der Waals surface area contributed by atoms with Gasteiger partial charge in [-0.2, -0.15) is 0 Å². The van der Waals surface area contributed by atoms with Crippen molar-refractivity contribution in [2.24, 2.45) is 0 Å². The number of nitrogens with zero attached hydrogens (tertiary/aromatic N) is 1. The van der Waals surface area contributed by atoms with Crippen LogP contribution in [0.4, 0.5) is 5.69 Å². The number of carboxylic acids is 1. The summed E-state index contributed by atoms with van der Waals surface area (Å²) in [6, 6.07) is 3.43. The van der Waals surface area contributed by atoms with Gasteiger partial charge in [0.25, 0.3) is 11.8 Å². The molecule has 6 nitrogen and oxygen atoms in total. The van der Waals surface area contributed by atoms with E-state index in [0.717, 1.165) is 17.0 Å². The van der Waals surface area contributed by atoms with Crippen molar-refractivity contribution in [3.05, 3.63) is 35.4 Å². The maximum Gasteiger partial charge on any atom is 0.337 e. The smallest absolute Gasteiger partial charge is 0.337 e. The number of phenols is 1. The number of carboxylic acid groups (broad SMARTS) is 1. The fourth-order valence-corrected chi connectivity index (χ4v) is 1.71. The number of aromatic carboxylic acids is 1. The number of anilines is 1. The second-order valence-corrected chi connectivity index (χ2v) is 3.81. The van der Waals surface area contributed by atoms with Crippen molar-refractivity contribution in [2.75, 3.05) is 4.90 Å². The highest BCUT2D eigenvalue weighted by Gasteiger charge is 2.32. The molecule has 6 heteroatoms. The monoisotopic (exact) mass is 247 g/mol. The van der Waals surface area contributed by atoms with Crippen molar-refractivity contribution in [1.29, 1.82) is 0 Å². The van der Waals surface area contributed by atoms with Crippen molar-refractivity contribution in [3.63, 3.8) is 0 Å². The first-order valence-electron chi connectivity index (χ1n) is 5.05. The Bertz CT molecular complexity index is 602. The predicted octanol–water partition coefficient (Wildman–Crippen LogP) is 0.910. The molecule has 0 atom stereocenters. The minimum absolute atomic E-state index is 0.0524. The summed E-state index contributed by atoms with van der Waals surface area (Å²) in [4.78, 5) is 35.2. The quantitative estimate of drug-likeness (QED) is 0.757. The predicted molar refractivity (Wildman–Crippen MR) is 61.3 cm³/mol. The van der Waals surface area contributed by atoms with E-state index in [1.165, 1.54) is 19.1 Å². The molecule has 1 aromatic rings. The van der Waals surface area contributed by atoms with Gasteiger partial charge in [0.1, 0.15) is 5.75 Å². The van der Waals surface area contributed by atoms with E-state index >= 15 is 0 Å². The number of amides is 2. The summed E-state index contributed by atoms with van der Waals surface area (Å²) in [6.45, 7) is 1.47. The van der Waals surface area contributed by atoms with Crippen LogP contribution in [0.15, 0.2) is 29.8 Å². The van der Waals surface area contributed by atoms with E-state index in [4.69, 9.17) is 5.11 Å². The number of hydrogen-bond acceptors (Lipinski definition) is 4. The zero-order chi connectivity index (χ0) is 13.4. The van der Waals surface area contributed by atoms with Crippen molar-refractivity contribution in [3.8, 4) is 5.75 Å². The van der Waals surface area contributed by atoms with Crippen LogP contribution in [-0.4, -0.2) is 28.0 Å². The highest BCUT2D eigenvalue weighted by atomic mass is 16.4. The molecule has 0 bridgehead atoms. The number of carbonyl (C=O) groups is 3. The van der Waals surface area contributed by atoms with Crippen LogP contribution in [0.3, 0.4) is 0 Å². The van der Waals surface area contributed by atoms with E-state index < -0.39 is 17.8 Å². The molecule has 0 aliphatic carbocycles. The zero-order valence-corrected chi connectivity index (χ0v) is 9.38. The molecule has 1 aliphatic rings. The van der Waals surface area contributed by atoms with Gasteiger partial charge in [-0.25, -0.2) is 9.69 Å². The molecule has 0 spiro atoms. The van der Waals surface area contributed by atoms with Gasteiger partial charge in [0.05, 0.1) is 11.3 Å². The highest BCUT2D eigenvalue weighted by molar-refractivity contribution is 6.31. The first-order chi connectivity index (χ1) is 8.41. The summed E-state index contributed by atoms with van der Waals surface area (Å²) >= 11 is 0. The summed E-state index contributed by atoms with van der Waals surface area (Å²) in [5.41, 5.74) is -0.118. The third kappa shape index (κ3) is 1.73. The third-order valence-electron chi connectivity index (χ3n) is 2.55. The minimum Gasteiger partial charge on any atom is -0.508 e. The highest BCUT2D eigenvalue weighted by Crippen LogP contribution is 2.28. The Morgan fingerprint density at radius 1 is 1.28 bits per heavy atom. The number of aromatic hydroxyl groups is 1. The Morgan fingerprint density at radius 3 is 2.44 bits per heavy atom. The lowest BCUT2D eigenvalue weighted by molar-refractivity contribution is -0.120. The number of benzene rings is 1. The number of rotatable bonds is 2. The Morgan fingerprint density at radius 2 is 1.94 bits per heavy atom. The Hall–Kier alpha value is -2.63. The molecule has 1 heterocycles. The molecule has 2 N–H and O–H groups in total. The first-order valence-corrected chi connectivity index (χ1v) is 5.05. The lowest BCUT2D eigenvalue weighted by atomic mass is 10.1. The molecule has 2 amide bonds. The van der Waals surface area contributed by atoms with Gasteiger partial charge in [-0.05, 0) is 25.1 Å². The molecule has 18 heavy (non-hydrogen) atoms. The maximum absolute atomic E-state index is 11.8. The van der Waals surface area contributed by atoms with Crippen LogP contribution < -0.4 is 4.90 Å². The van der Waals surface area contributed by atoms with Gasteiger partial charge < -0.3 is 10.2 Å². The van der Waals surface area contributed by atoms with Gasteiger partial charge in [0.15, 0.2) is 0 Å². The molecule has 92 valence electrons. The molecule has 0 radical (unpaired) electrons. The summed E-state index contributed by atoms with van der Waals surface area (Å²) in [7, 11) is 0. The Kier molecular flexibility index (Phi) is 2.63. The molecule has 1 aliphatic heterocycles. The van der Waals surface area contributed by atoms with Crippen LogP contribution in [0, 0.1) is 0 Å². The van der Waals surface area contributed by atoms with Crippen LogP contribution >= 0.6 is 0 Å². The van der Waals surface area contributed by atoms with Gasteiger partial charge in [-0.15, -0.1) is 0 Å². The average molecular weight is 247 g/mol. The Balaban J connectivity index is 2.56. The van der Waals surface area contributed by atoms with Gasteiger partial charge in [-0.1, -0.05) is 0 Å². The molecule has 0 saturated heterocycles. The molecule has 0 saturated carbocycles. The van der Waals surface area contributed by atoms with Crippen molar-refractivity contribution < 1.29 is 24.6 Å². The van der Waals surface area contributed by atoms with E-state index in [2.05, 4.69) is 0 Å². The van der Waals surface area contributed by atoms with E-state index in [1.54, 1.807) is 0 Å². The molecule has 2 rings (SSSR count). The topological polar surface area (TPSA) is 94.9 Å². The number of phenolic OH excluding ortho intramolecular Hbond substituents is 1. The second kappa shape index (κ2) is 3.99. The van der Waals surface area contributed by atoms with Crippen molar-refractivity contribution in [1.82, 2.24) is 0 Å². The van der Waals surface area contributed by atoms with E-state index in [9.17, 15) is 19.5 Å². The summed E-state index contributed by atoms with van der Waals surface area (Å²) in [5.74, 6) is -2.73. The van der Waals surface area contributed by atoms with Crippen LogP contribution in [0.25, 0.3) is 0 Å². The Labute approximate surface area is 102 Å². The SMILES string of the molecule is CC1=CC(=O)N(c2ccc(O)cc2C(=O)O)C1=O. The van der Waals surface area contributed by atoms with Crippen LogP contribution in [0.2, 0.25) is 0 Å². The average Bonchev–Trinajstić information content (AvgIpc) is 2.54. The number of carbonyl (C=O) groups excluding carboxylic acids is 2. The molecular weight excluding hydrogens is 238 g/mol. The van der Waals surface area contributed by atoms with Crippen molar-refractivity contribution >= 4 is 23.5 Å². The van der Waals surface area contributed by atoms with Crippen LogP contribution in [0.5, 0.6) is 5.75 Å². The fourth-order valence-electron chi connectivity index (χ4n) is 1.71. The standard InChI is InChI=1S/C12H9NO5/c1-6-4-10(15)13(11(6)16)9-3-2-7(14)5-8(9)12(17)18/h2-5,14H,1H3,(H,17,18). The molecule has 0 fully saturated rings. The first kappa shape index (κ1) is 11.8. The van der Waals surface area contributed by atoms with Gasteiger partial charge >= 0.3 is 5.97 Å². The van der Waals surface area contributed by atoms with Gasteiger partial charge in [0.2, 0.25) is 0 Å². The maximum atomic E-state index is 11.8. The van der Waals surface area contributed by atoms with E-state index in [-0.39, 0.29) is 22.6 Å². The lowest BCUT2D eigenvalue weighted by Crippen LogP contribution is -2.32. The summed E-state index contributed by atoms with van der Waals surface area (Å²) in [5, 5.41) is 18.3. The number of hydrogen-bond donors (Lipinski definition) is 2. The molecule has 0 aromatic heterocycles. The molecular formula is C12H9NO5. The summed E-state index contributed by atoms with van der Waals surface area (Å²) in [6.07, 6.45) is 1.14. The lowest BCUT2D eigenvalue weighted by Gasteiger charge is -2.16. The van der Waals surface area contributed by atoms with Crippen LogP contribution in [-0.2, 0) is 9.59 Å². The zero-order valence-electron chi connectivity index (χ0n) is 9.38. The third-order valence-corrected chi connectivity index (χ3v) is 2.55.